The van der Waals surface area contributed by atoms with Gasteiger partial charge in [-0.15, -0.1) is 0 Å². The van der Waals surface area contributed by atoms with Crippen LogP contribution >= 0.6 is 0 Å². The fourth-order valence-electron chi connectivity index (χ4n) is 1.68. The van der Waals surface area contributed by atoms with Crippen LogP contribution in [0.5, 0.6) is 0 Å². The Hall–Kier alpha value is -1.70. The molecule has 0 fully saturated rings. The Bertz CT molecular complexity index is 430. The van der Waals surface area contributed by atoms with Gasteiger partial charge in [0.05, 0.1) is 0 Å². The summed E-state index contributed by atoms with van der Waals surface area (Å²) in [5.74, 6) is 0.578. The molecule has 0 amide bonds. The normalized spacial score (nSPS) is 10.7. The third kappa shape index (κ3) is 2.66. The van der Waals surface area contributed by atoms with Gasteiger partial charge in [0, 0.05) is 24.6 Å². The van der Waals surface area contributed by atoms with Crippen LogP contribution in [0, 0.1) is 0 Å². The fraction of sp³-hybridized carbons (Fsp3) is 0.286. The van der Waals surface area contributed by atoms with Crippen molar-refractivity contribution in [2.24, 2.45) is 0 Å². The second kappa shape index (κ2) is 4.88. The molecule has 2 aromatic rings. The number of aromatic nitrogens is 1. The van der Waals surface area contributed by atoms with Crippen molar-refractivity contribution in [2.45, 2.75) is 26.3 Å². The minimum absolute atomic E-state index is 0.578. The van der Waals surface area contributed by atoms with Crippen molar-refractivity contribution in [1.29, 1.82) is 0 Å². The third-order valence-corrected chi connectivity index (χ3v) is 2.71. The zero-order valence-corrected chi connectivity index (χ0v) is 9.83. The average Bonchev–Trinajstić information content (AvgIpc) is 2.79. The monoisotopic (exact) mass is 214 g/mol. The summed E-state index contributed by atoms with van der Waals surface area (Å²) in [5, 5.41) is 3.42. The molecule has 0 aliphatic carbocycles. The standard InChI is InChI=1S/C14H18N2/c1-11(2)13-4-3-5-14(8-13)16-10-12-6-7-15-9-12/h3-9,11,15-16H,10H2,1-2H3. The van der Waals surface area contributed by atoms with Gasteiger partial charge >= 0.3 is 0 Å². The molecule has 0 unspecified atom stereocenters. The zero-order chi connectivity index (χ0) is 11.4. The van der Waals surface area contributed by atoms with Gasteiger partial charge in [0.1, 0.15) is 0 Å². The van der Waals surface area contributed by atoms with E-state index >= 15 is 0 Å². The number of rotatable bonds is 4. The van der Waals surface area contributed by atoms with E-state index in [0.29, 0.717) is 5.92 Å². The number of aromatic amines is 1. The first-order valence-corrected chi connectivity index (χ1v) is 5.71. The topological polar surface area (TPSA) is 27.8 Å². The fourth-order valence-corrected chi connectivity index (χ4v) is 1.68. The van der Waals surface area contributed by atoms with Gasteiger partial charge in [-0.2, -0.15) is 0 Å². The van der Waals surface area contributed by atoms with Crippen LogP contribution in [0.4, 0.5) is 5.69 Å². The molecule has 1 heterocycles. The molecular formula is C14H18N2. The smallest absolute Gasteiger partial charge is 0.0415 e. The molecule has 0 atom stereocenters. The molecule has 0 aliphatic rings. The van der Waals surface area contributed by atoms with Gasteiger partial charge in [-0.05, 0) is 35.2 Å². The van der Waals surface area contributed by atoms with Crippen LogP contribution in [-0.2, 0) is 6.54 Å². The molecule has 2 N–H and O–H groups in total. The van der Waals surface area contributed by atoms with Crippen molar-refractivity contribution in [3.05, 3.63) is 53.9 Å². The van der Waals surface area contributed by atoms with Crippen LogP contribution in [0.2, 0.25) is 0 Å². The van der Waals surface area contributed by atoms with Crippen LogP contribution in [0.3, 0.4) is 0 Å². The van der Waals surface area contributed by atoms with Crippen LogP contribution in [0.15, 0.2) is 42.7 Å². The lowest BCUT2D eigenvalue weighted by molar-refractivity contribution is 0.866. The van der Waals surface area contributed by atoms with Crippen LogP contribution in [0.25, 0.3) is 0 Å². The Kier molecular flexibility index (Phi) is 3.30. The summed E-state index contributed by atoms with van der Waals surface area (Å²) in [4.78, 5) is 3.06. The predicted octanol–water partition coefficient (Wildman–Crippen LogP) is 3.75. The van der Waals surface area contributed by atoms with Gasteiger partial charge in [-0.1, -0.05) is 26.0 Å². The van der Waals surface area contributed by atoms with Gasteiger partial charge in [0.25, 0.3) is 0 Å². The van der Waals surface area contributed by atoms with Crippen molar-refractivity contribution < 1.29 is 0 Å². The van der Waals surface area contributed by atoms with Gasteiger partial charge in [0.15, 0.2) is 0 Å². The Morgan fingerprint density at radius 2 is 2.12 bits per heavy atom. The van der Waals surface area contributed by atoms with Crippen molar-refractivity contribution in [3.8, 4) is 0 Å². The maximum atomic E-state index is 3.42. The zero-order valence-electron chi connectivity index (χ0n) is 9.83. The highest BCUT2D eigenvalue weighted by Crippen LogP contribution is 2.18. The molecular weight excluding hydrogens is 196 g/mol. The quantitative estimate of drug-likeness (QED) is 0.797. The average molecular weight is 214 g/mol. The molecule has 0 saturated heterocycles. The summed E-state index contributed by atoms with van der Waals surface area (Å²) in [5.41, 5.74) is 3.83. The van der Waals surface area contributed by atoms with E-state index in [4.69, 9.17) is 0 Å². The lowest BCUT2D eigenvalue weighted by Gasteiger charge is -2.09. The Labute approximate surface area is 96.7 Å². The second-order valence-corrected chi connectivity index (χ2v) is 4.35. The first-order chi connectivity index (χ1) is 7.75. The molecule has 0 aliphatic heterocycles. The molecule has 16 heavy (non-hydrogen) atoms. The second-order valence-electron chi connectivity index (χ2n) is 4.35. The molecule has 2 heteroatoms. The lowest BCUT2D eigenvalue weighted by atomic mass is 10.0. The first-order valence-electron chi connectivity index (χ1n) is 5.71. The first kappa shape index (κ1) is 10.8. The van der Waals surface area contributed by atoms with Gasteiger partial charge < -0.3 is 10.3 Å². The molecule has 0 saturated carbocycles. The number of H-pyrrole nitrogens is 1. The third-order valence-electron chi connectivity index (χ3n) is 2.71. The number of hydrogen-bond acceptors (Lipinski definition) is 1. The number of anilines is 1. The Morgan fingerprint density at radius 3 is 2.81 bits per heavy atom. The number of hydrogen-bond donors (Lipinski definition) is 2. The highest BCUT2D eigenvalue weighted by molar-refractivity contribution is 5.46. The molecule has 2 nitrogen and oxygen atoms in total. The summed E-state index contributed by atoms with van der Waals surface area (Å²) in [6, 6.07) is 10.7. The van der Waals surface area contributed by atoms with E-state index in [-0.39, 0.29) is 0 Å². The maximum Gasteiger partial charge on any atom is 0.0415 e. The summed E-state index contributed by atoms with van der Waals surface area (Å²) in [6.45, 7) is 5.29. The van der Waals surface area contributed by atoms with E-state index < -0.39 is 0 Å². The van der Waals surface area contributed by atoms with E-state index in [9.17, 15) is 0 Å². The largest absolute Gasteiger partial charge is 0.381 e. The van der Waals surface area contributed by atoms with E-state index in [1.165, 1.54) is 16.8 Å². The molecule has 0 radical (unpaired) electrons. The Balaban J connectivity index is 2.01. The highest BCUT2D eigenvalue weighted by atomic mass is 14.9. The highest BCUT2D eigenvalue weighted by Gasteiger charge is 2.00. The predicted molar refractivity (Wildman–Crippen MR) is 68.7 cm³/mol. The van der Waals surface area contributed by atoms with Crippen molar-refractivity contribution >= 4 is 5.69 Å². The Morgan fingerprint density at radius 1 is 1.25 bits per heavy atom. The molecule has 1 aromatic carbocycles. The number of nitrogens with one attached hydrogen (secondary N) is 2. The summed E-state index contributed by atoms with van der Waals surface area (Å²) < 4.78 is 0. The van der Waals surface area contributed by atoms with Crippen molar-refractivity contribution in [2.75, 3.05) is 5.32 Å². The van der Waals surface area contributed by atoms with Crippen molar-refractivity contribution in [1.82, 2.24) is 4.98 Å². The van der Waals surface area contributed by atoms with Gasteiger partial charge in [-0.3, -0.25) is 0 Å². The summed E-state index contributed by atoms with van der Waals surface area (Å²) >= 11 is 0. The van der Waals surface area contributed by atoms with E-state index in [0.717, 1.165) is 6.54 Å². The molecule has 0 spiro atoms. The minimum atomic E-state index is 0.578. The van der Waals surface area contributed by atoms with Crippen LogP contribution < -0.4 is 5.32 Å². The van der Waals surface area contributed by atoms with Crippen LogP contribution in [-0.4, -0.2) is 4.98 Å². The lowest BCUT2D eigenvalue weighted by Crippen LogP contribution is -1.99. The maximum absolute atomic E-state index is 3.42. The van der Waals surface area contributed by atoms with Gasteiger partial charge in [0.2, 0.25) is 0 Å². The van der Waals surface area contributed by atoms with E-state index in [1.54, 1.807) is 0 Å². The molecule has 84 valence electrons. The van der Waals surface area contributed by atoms with E-state index in [2.05, 4.69) is 54.5 Å². The summed E-state index contributed by atoms with van der Waals surface area (Å²) in [6.07, 6.45) is 3.96. The number of benzene rings is 1. The minimum Gasteiger partial charge on any atom is -0.381 e. The van der Waals surface area contributed by atoms with Crippen molar-refractivity contribution in [3.63, 3.8) is 0 Å². The summed E-state index contributed by atoms with van der Waals surface area (Å²) in [7, 11) is 0. The SMILES string of the molecule is CC(C)c1cccc(NCc2cc[nH]c2)c1. The van der Waals surface area contributed by atoms with Gasteiger partial charge in [-0.25, -0.2) is 0 Å². The van der Waals surface area contributed by atoms with E-state index in [1.807, 2.05) is 12.4 Å². The molecule has 2 rings (SSSR count). The van der Waals surface area contributed by atoms with Crippen LogP contribution in [0.1, 0.15) is 30.9 Å². The molecule has 0 bridgehead atoms. The molecule has 1 aromatic heterocycles.